The second kappa shape index (κ2) is 7.22. The first-order valence-corrected chi connectivity index (χ1v) is 6.24. The lowest BCUT2D eigenvalue weighted by Gasteiger charge is -2.35. The van der Waals surface area contributed by atoms with Crippen molar-refractivity contribution in [3.05, 3.63) is 0 Å². The Morgan fingerprint density at radius 1 is 1.56 bits per heavy atom. The van der Waals surface area contributed by atoms with Crippen LogP contribution in [0.15, 0.2) is 0 Å². The Bertz CT molecular complexity index is 190. The van der Waals surface area contributed by atoms with Gasteiger partial charge in [0, 0.05) is 19.2 Å². The van der Waals surface area contributed by atoms with E-state index in [1.165, 1.54) is 19.4 Å². The zero-order valence-electron chi connectivity index (χ0n) is 10.8. The van der Waals surface area contributed by atoms with Crippen LogP contribution in [0.4, 0.5) is 0 Å². The van der Waals surface area contributed by atoms with Gasteiger partial charge in [0.1, 0.15) is 0 Å². The highest BCUT2D eigenvalue weighted by Crippen LogP contribution is 2.15. The third kappa shape index (κ3) is 4.78. The first-order chi connectivity index (χ1) is 7.63. The fourth-order valence-electron chi connectivity index (χ4n) is 2.20. The first kappa shape index (κ1) is 13.9. The van der Waals surface area contributed by atoms with Gasteiger partial charge in [-0.1, -0.05) is 0 Å². The van der Waals surface area contributed by atoms with Crippen molar-refractivity contribution in [1.29, 1.82) is 0 Å². The number of methoxy groups -OCH3 is 1. The molecule has 3 atom stereocenters. The fraction of sp³-hybridized carbons (Fsp3) is 1.00. The Morgan fingerprint density at radius 2 is 2.31 bits per heavy atom. The quantitative estimate of drug-likeness (QED) is 0.696. The molecule has 3 unspecified atom stereocenters. The van der Waals surface area contributed by atoms with Crippen LogP contribution in [-0.2, 0) is 4.74 Å². The smallest absolute Gasteiger partial charge is 0.0785 e. The van der Waals surface area contributed by atoms with Crippen molar-refractivity contribution in [2.75, 3.05) is 33.9 Å². The first-order valence-electron chi connectivity index (χ1n) is 6.24. The average Bonchev–Trinajstić information content (AvgIpc) is 2.24. The molecule has 0 aromatic heterocycles. The maximum atomic E-state index is 9.50. The fourth-order valence-corrected chi connectivity index (χ4v) is 2.20. The molecule has 1 aliphatic heterocycles. The van der Waals surface area contributed by atoms with Gasteiger partial charge in [-0.2, -0.15) is 0 Å². The summed E-state index contributed by atoms with van der Waals surface area (Å²) in [5.41, 5.74) is 0. The normalized spacial score (nSPS) is 29.2. The number of rotatable bonds is 6. The molecule has 16 heavy (non-hydrogen) atoms. The van der Waals surface area contributed by atoms with E-state index in [0.717, 1.165) is 13.0 Å². The topological polar surface area (TPSA) is 44.7 Å². The second-order valence-corrected chi connectivity index (χ2v) is 4.90. The Morgan fingerprint density at radius 3 is 2.94 bits per heavy atom. The van der Waals surface area contributed by atoms with Crippen molar-refractivity contribution in [2.45, 2.75) is 44.4 Å². The minimum Gasteiger partial charge on any atom is -0.391 e. The third-order valence-electron chi connectivity index (χ3n) is 3.48. The van der Waals surface area contributed by atoms with Crippen LogP contribution in [0.5, 0.6) is 0 Å². The highest BCUT2D eigenvalue weighted by molar-refractivity contribution is 4.81. The standard InChI is InChI=1S/C12H26N2O2/c1-10-8-11(5-7-14(10)2)13-6-4-12(15)9-16-3/h10-13,15H,4-9H2,1-3H3. The second-order valence-electron chi connectivity index (χ2n) is 4.90. The van der Waals surface area contributed by atoms with Gasteiger partial charge in [-0.3, -0.25) is 0 Å². The number of ether oxygens (including phenoxy) is 1. The molecule has 0 radical (unpaired) electrons. The van der Waals surface area contributed by atoms with Crippen LogP contribution in [0.25, 0.3) is 0 Å². The molecule has 0 amide bonds. The van der Waals surface area contributed by atoms with E-state index >= 15 is 0 Å². The van der Waals surface area contributed by atoms with Crippen molar-refractivity contribution >= 4 is 0 Å². The molecule has 2 N–H and O–H groups in total. The van der Waals surface area contributed by atoms with Gasteiger partial charge in [0.15, 0.2) is 0 Å². The summed E-state index contributed by atoms with van der Waals surface area (Å²) in [5.74, 6) is 0. The van der Waals surface area contributed by atoms with E-state index in [2.05, 4.69) is 24.2 Å². The number of piperidine rings is 1. The Hall–Kier alpha value is -0.160. The summed E-state index contributed by atoms with van der Waals surface area (Å²) in [6.45, 7) is 4.75. The molecule has 1 aliphatic rings. The predicted octanol–water partition coefficient (Wildman–Crippen LogP) is 0.456. The lowest BCUT2D eigenvalue weighted by atomic mass is 9.99. The van der Waals surface area contributed by atoms with Crippen molar-refractivity contribution in [3.63, 3.8) is 0 Å². The number of aliphatic hydroxyl groups is 1. The van der Waals surface area contributed by atoms with Gasteiger partial charge < -0.3 is 20.1 Å². The molecular formula is C12H26N2O2. The van der Waals surface area contributed by atoms with Gasteiger partial charge in [-0.05, 0) is 46.3 Å². The summed E-state index contributed by atoms with van der Waals surface area (Å²) in [5, 5.41) is 13.0. The van der Waals surface area contributed by atoms with E-state index in [4.69, 9.17) is 4.74 Å². The molecule has 1 saturated heterocycles. The van der Waals surface area contributed by atoms with Gasteiger partial charge in [-0.15, -0.1) is 0 Å². The van der Waals surface area contributed by atoms with Crippen LogP contribution in [-0.4, -0.2) is 62.0 Å². The molecule has 0 saturated carbocycles. The maximum Gasteiger partial charge on any atom is 0.0785 e. The molecule has 1 heterocycles. The monoisotopic (exact) mass is 230 g/mol. The van der Waals surface area contributed by atoms with Crippen molar-refractivity contribution < 1.29 is 9.84 Å². The van der Waals surface area contributed by atoms with Gasteiger partial charge in [-0.25, -0.2) is 0 Å². The van der Waals surface area contributed by atoms with E-state index in [9.17, 15) is 5.11 Å². The number of hydrogen-bond acceptors (Lipinski definition) is 4. The molecule has 0 aromatic rings. The SMILES string of the molecule is COCC(O)CCNC1CCN(C)C(C)C1. The van der Waals surface area contributed by atoms with E-state index in [-0.39, 0.29) is 6.10 Å². The molecule has 0 spiro atoms. The van der Waals surface area contributed by atoms with Crippen molar-refractivity contribution in [3.8, 4) is 0 Å². The largest absolute Gasteiger partial charge is 0.391 e. The number of nitrogens with zero attached hydrogens (tertiary/aromatic N) is 1. The molecule has 0 bridgehead atoms. The lowest BCUT2D eigenvalue weighted by Crippen LogP contribution is -2.46. The van der Waals surface area contributed by atoms with Crippen LogP contribution in [0.2, 0.25) is 0 Å². The van der Waals surface area contributed by atoms with Crippen LogP contribution in [0, 0.1) is 0 Å². The molecule has 96 valence electrons. The summed E-state index contributed by atoms with van der Waals surface area (Å²) >= 11 is 0. The Labute approximate surface area is 99.0 Å². The molecule has 1 rings (SSSR count). The molecule has 1 fully saturated rings. The number of hydrogen-bond donors (Lipinski definition) is 2. The van der Waals surface area contributed by atoms with Gasteiger partial charge in [0.2, 0.25) is 0 Å². The molecule has 4 nitrogen and oxygen atoms in total. The summed E-state index contributed by atoms with van der Waals surface area (Å²) in [6, 6.07) is 1.27. The van der Waals surface area contributed by atoms with Gasteiger partial charge >= 0.3 is 0 Å². The zero-order valence-corrected chi connectivity index (χ0v) is 10.8. The van der Waals surface area contributed by atoms with Crippen molar-refractivity contribution in [1.82, 2.24) is 10.2 Å². The van der Waals surface area contributed by atoms with Crippen molar-refractivity contribution in [2.24, 2.45) is 0 Å². The summed E-state index contributed by atoms with van der Waals surface area (Å²) in [6.07, 6.45) is 2.85. The summed E-state index contributed by atoms with van der Waals surface area (Å²) in [4.78, 5) is 2.40. The highest BCUT2D eigenvalue weighted by Gasteiger charge is 2.22. The van der Waals surface area contributed by atoms with Crippen LogP contribution in [0.1, 0.15) is 26.2 Å². The minimum absolute atomic E-state index is 0.332. The molecule has 0 aromatic carbocycles. The van der Waals surface area contributed by atoms with Gasteiger partial charge in [0.25, 0.3) is 0 Å². The molecule has 0 aliphatic carbocycles. The molecule has 4 heteroatoms. The zero-order chi connectivity index (χ0) is 12.0. The Kier molecular flexibility index (Phi) is 6.28. The summed E-state index contributed by atoms with van der Waals surface area (Å²) in [7, 11) is 3.80. The Balaban J connectivity index is 2.09. The number of likely N-dealkylation sites (tertiary alicyclic amines) is 1. The maximum absolute atomic E-state index is 9.50. The van der Waals surface area contributed by atoms with E-state index in [1.807, 2.05) is 0 Å². The summed E-state index contributed by atoms with van der Waals surface area (Å²) < 4.78 is 4.89. The predicted molar refractivity (Wildman–Crippen MR) is 65.6 cm³/mol. The van der Waals surface area contributed by atoms with Crippen LogP contribution >= 0.6 is 0 Å². The number of nitrogens with one attached hydrogen (secondary N) is 1. The minimum atomic E-state index is -0.332. The number of aliphatic hydroxyl groups excluding tert-OH is 1. The average molecular weight is 230 g/mol. The van der Waals surface area contributed by atoms with Crippen LogP contribution in [0.3, 0.4) is 0 Å². The van der Waals surface area contributed by atoms with E-state index in [0.29, 0.717) is 18.7 Å². The van der Waals surface area contributed by atoms with E-state index in [1.54, 1.807) is 7.11 Å². The lowest BCUT2D eigenvalue weighted by molar-refractivity contribution is 0.0580. The van der Waals surface area contributed by atoms with Gasteiger partial charge in [0.05, 0.1) is 12.7 Å². The third-order valence-corrected chi connectivity index (χ3v) is 3.48. The van der Waals surface area contributed by atoms with Crippen LogP contribution < -0.4 is 5.32 Å². The van der Waals surface area contributed by atoms with E-state index < -0.39 is 0 Å². The molecular weight excluding hydrogens is 204 g/mol. The highest BCUT2D eigenvalue weighted by atomic mass is 16.5.